The number of methoxy groups -OCH3 is 2. The minimum atomic E-state index is -2.43. The molecule has 12 heteroatoms. The molecular formula is C21H21N6O5S-. The Balaban J connectivity index is 2.01. The monoisotopic (exact) mass is 469 g/mol. The second-order valence-corrected chi connectivity index (χ2v) is 7.40. The van der Waals surface area contributed by atoms with Gasteiger partial charge in [0.2, 0.25) is 5.88 Å². The number of fused-ring (bicyclic) bond motifs is 1. The molecule has 0 spiro atoms. The fourth-order valence-electron chi connectivity index (χ4n) is 3.31. The molecule has 0 aliphatic rings. The first-order valence-corrected chi connectivity index (χ1v) is 11.0. The summed E-state index contributed by atoms with van der Waals surface area (Å²) in [6, 6.07) is 10.8. The van der Waals surface area contributed by atoms with E-state index in [1.165, 1.54) is 6.20 Å². The van der Waals surface area contributed by atoms with Crippen LogP contribution >= 0.6 is 0 Å². The maximum Gasteiger partial charge on any atom is 0.213 e. The second-order valence-electron chi connectivity index (χ2n) is 6.64. The van der Waals surface area contributed by atoms with Gasteiger partial charge in [0.25, 0.3) is 0 Å². The average Bonchev–Trinajstić information content (AvgIpc) is 3.21. The van der Waals surface area contributed by atoms with Gasteiger partial charge in [-0.2, -0.15) is 0 Å². The minimum Gasteiger partial charge on any atom is -0.760 e. The molecule has 0 radical (unpaired) electrons. The molecule has 1 aromatic carbocycles. The third-order valence-corrected chi connectivity index (χ3v) is 5.04. The molecule has 0 amide bonds. The third kappa shape index (κ3) is 4.62. The molecule has 0 fully saturated rings. The number of para-hydroxylation sites is 1. The van der Waals surface area contributed by atoms with Crippen LogP contribution in [-0.2, 0) is 17.8 Å². The quantitative estimate of drug-likeness (QED) is 0.366. The second kappa shape index (κ2) is 9.90. The van der Waals surface area contributed by atoms with Crippen molar-refractivity contribution in [1.29, 1.82) is 0 Å². The lowest BCUT2D eigenvalue weighted by molar-refractivity contribution is 0.327. The van der Waals surface area contributed by atoms with Crippen molar-refractivity contribution in [3.63, 3.8) is 0 Å². The molecule has 3 heterocycles. The van der Waals surface area contributed by atoms with Gasteiger partial charge < -0.3 is 18.8 Å². The van der Waals surface area contributed by atoms with Crippen molar-refractivity contribution in [2.45, 2.75) is 13.5 Å². The normalized spacial score (nSPS) is 12.0. The Kier molecular flexibility index (Phi) is 6.77. The van der Waals surface area contributed by atoms with E-state index < -0.39 is 11.3 Å². The summed E-state index contributed by atoms with van der Waals surface area (Å²) in [5.41, 5.74) is 2.20. The van der Waals surface area contributed by atoms with Crippen molar-refractivity contribution in [2.24, 2.45) is 0 Å². The zero-order valence-corrected chi connectivity index (χ0v) is 19.0. The maximum atomic E-state index is 10.9. The Morgan fingerprint density at radius 1 is 1.06 bits per heavy atom. The molecule has 4 rings (SSSR count). The van der Waals surface area contributed by atoms with E-state index >= 15 is 0 Å². The minimum absolute atomic E-state index is 0.0271. The van der Waals surface area contributed by atoms with Crippen LogP contribution in [0.2, 0.25) is 0 Å². The van der Waals surface area contributed by atoms with E-state index in [0.29, 0.717) is 58.2 Å². The van der Waals surface area contributed by atoms with Gasteiger partial charge in [-0.25, -0.2) is 24.7 Å². The van der Waals surface area contributed by atoms with Crippen LogP contribution in [0.5, 0.6) is 17.4 Å². The first-order valence-electron chi connectivity index (χ1n) is 9.94. The van der Waals surface area contributed by atoms with Gasteiger partial charge in [0.1, 0.15) is 22.9 Å². The highest BCUT2D eigenvalue weighted by Gasteiger charge is 2.23. The van der Waals surface area contributed by atoms with Gasteiger partial charge in [-0.15, -0.1) is 0 Å². The van der Waals surface area contributed by atoms with Crippen LogP contribution in [0.3, 0.4) is 0 Å². The highest BCUT2D eigenvalue weighted by Crippen LogP contribution is 2.37. The molecule has 4 aromatic rings. The zero-order valence-electron chi connectivity index (χ0n) is 18.1. The summed E-state index contributed by atoms with van der Waals surface area (Å²) in [6.45, 7) is 2.32. The number of nitrogens with zero attached hydrogens (tertiary/aromatic N) is 5. The summed E-state index contributed by atoms with van der Waals surface area (Å²) >= 11 is -2.43. The highest BCUT2D eigenvalue weighted by molar-refractivity contribution is 7.77. The first-order chi connectivity index (χ1) is 16.0. The SMILES string of the molecule is CCOc1cccc(-c2nc3ncc(CNS(=O)[O-])nc3n2-c2c(OC)cccc2OC)n1. The van der Waals surface area contributed by atoms with Gasteiger partial charge in [0, 0.05) is 17.3 Å². The number of hydrogen-bond donors (Lipinski definition) is 1. The molecule has 0 saturated heterocycles. The summed E-state index contributed by atoms with van der Waals surface area (Å²) in [7, 11) is 3.10. The summed E-state index contributed by atoms with van der Waals surface area (Å²) < 4.78 is 42.7. The van der Waals surface area contributed by atoms with Gasteiger partial charge in [-0.05, 0) is 25.1 Å². The Hall–Kier alpha value is -3.61. The standard InChI is InChI=1S/C21H22N6O5S/c1-4-32-17-10-5-7-14(25-17)20-26-19-21(24-13(11-22-19)12-23-33(28)29)27(20)18-15(30-2)8-6-9-16(18)31-3/h5-11,23H,4,12H2,1-3H3,(H,28,29)/p-1. The number of nitrogens with one attached hydrogen (secondary N) is 1. The Bertz CT molecular complexity index is 1290. The summed E-state index contributed by atoms with van der Waals surface area (Å²) in [6.07, 6.45) is 1.47. The molecule has 1 N–H and O–H groups in total. The smallest absolute Gasteiger partial charge is 0.213 e. The van der Waals surface area contributed by atoms with E-state index in [1.807, 2.05) is 13.0 Å². The van der Waals surface area contributed by atoms with Crippen molar-refractivity contribution in [3.8, 4) is 34.6 Å². The van der Waals surface area contributed by atoms with E-state index in [0.717, 1.165) is 0 Å². The number of aromatic nitrogens is 5. The number of imidazole rings is 1. The van der Waals surface area contributed by atoms with Crippen molar-refractivity contribution >= 4 is 22.6 Å². The van der Waals surface area contributed by atoms with Gasteiger partial charge in [-0.1, -0.05) is 12.1 Å². The number of pyridine rings is 1. The number of benzene rings is 1. The van der Waals surface area contributed by atoms with Crippen LogP contribution in [0.25, 0.3) is 28.5 Å². The average molecular weight is 470 g/mol. The predicted octanol–water partition coefficient (Wildman–Crippen LogP) is 2.18. The summed E-state index contributed by atoms with van der Waals surface area (Å²) in [5.74, 6) is 1.92. The molecule has 33 heavy (non-hydrogen) atoms. The topological polar surface area (TPSA) is 136 Å². The van der Waals surface area contributed by atoms with E-state index in [4.69, 9.17) is 14.2 Å². The Labute approximate surface area is 192 Å². The number of ether oxygens (including phenoxy) is 3. The zero-order chi connectivity index (χ0) is 23.4. The summed E-state index contributed by atoms with van der Waals surface area (Å²) in [4.78, 5) is 18.2. The summed E-state index contributed by atoms with van der Waals surface area (Å²) in [5, 5.41) is 0. The largest absolute Gasteiger partial charge is 0.760 e. The van der Waals surface area contributed by atoms with Crippen LogP contribution < -0.4 is 18.9 Å². The van der Waals surface area contributed by atoms with Crippen LogP contribution in [0.4, 0.5) is 0 Å². The van der Waals surface area contributed by atoms with E-state index in [-0.39, 0.29) is 6.54 Å². The van der Waals surface area contributed by atoms with E-state index in [1.54, 1.807) is 49.1 Å². The van der Waals surface area contributed by atoms with E-state index in [9.17, 15) is 8.76 Å². The lowest BCUT2D eigenvalue weighted by Crippen LogP contribution is -2.17. The third-order valence-electron chi connectivity index (χ3n) is 4.66. The molecule has 1 atom stereocenters. The van der Waals surface area contributed by atoms with Crippen molar-refractivity contribution in [2.75, 3.05) is 20.8 Å². The van der Waals surface area contributed by atoms with Gasteiger partial charge in [0.05, 0.1) is 39.3 Å². The molecule has 11 nitrogen and oxygen atoms in total. The fraction of sp³-hybridized carbons (Fsp3) is 0.238. The lowest BCUT2D eigenvalue weighted by Gasteiger charge is -2.16. The molecule has 0 aliphatic carbocycles. The molecule has 1 unspecified atom stereocenters. The van der Waals surface area contributed by atoms with E-state index in [2.05, 4.69) is 24.7 Å². The predicted molar refractivity (Wildman–Crippen MR) is 120 cm³/mol. The highest BCUT2D eigenvalue weighted by atomic mass is 32.2. The Morgan fingerprint density at radius 2 is 1.79 bits per heavy atom. The Morgan fingerprint density at radius 3 is 2.45 bits per heavy atom. The van der Waals surface area contributed by atoms with Crippen LogP contribution in [0, 0.1) is 0 Å². The van der Waals surface area contributed by atoms with Gasteiger partial charge in [0.15, 0.2) is 17.1 Å². The van der Waals surface area contributed by atoms with Crippen LogP contribution in [0.1, 0.15) is 12.6 Å². The molecule has 0 aliphatic heterocycles. The van der Waals surface area contributed by atoms with Crippen LogP contribution in [-0.4, -0.2) is 54.1 Å². The molecule has 0 bridgehead atoms. The van der Waals surface area contributed by atoms with Crippen molar-refractivity contribution in [3.05, 3.63) is 48.3 Å². The molecule has 3 aromatic heterocycles. The van der Waals surface area contributed by atoms with Crippen LogP contribution in [0.15, 0.2) is 42.6 Å². The molecular weight excluding hydrogens is 448 g/mol. The van der Waals surface area contributed by atoms with Crippen molar-refractivity contribution in [1.82, 2.24) is 29.2 Å². The maximum absolute atomic E-state index is 10.9. The van der Waals surface area contributed by atoms with Crippen molar-refractivity contribution < 1.29 is 23.0 Å². The fourth-order valence-corrected chi connectivity index (χ4v) is 3.57. The first kappa shape index (κ1) is 22.6. The molecule has 0 saturated carbocycles. The lowest BCUT2D eigenvalue weighted by atomic mass is 10.2. The van der Waals surface area contributed by atoms with Gasteiger partial charge >= 0.3 is 0 Å². The number of hydrogen-bond acceptors (Lipinski definition) is 9. The van der Waals surface area contributed by atoms with Gasteiger partial charge in [-0.3, -0.25) is 8.78 Å². The molecule has 172 valence electrons. The number of rotatable bonds is 9.